The fourth-order valence-corrected chi connectivity index (χ4v) is 3.05. The number of nitrogens with zero attached hydrogens (tertiary/aromatic N) is 2. The molecule has 1 amide bonds. The minimum atomic E-state index is -0.471. The highest BCUT2D eigenvalue weighted by molar-refractivity contribution is 5.91. The average Bonchev–Trinajstić information content (AvgIpc) is 3.17. The SMILES string of the molecule is CC(=O)C(c1ccccc1)n1cnc(NC(=O)C(C)COCc2ccccc2)c1. The zero-order valence-corrected chi connectivity index (χ0v) is 16.6. The van der Waals surface area contributed by atoms with Crippen LogP contribution in [0, 0.1) is 5.92 Å². The van der Waals surface area contributed by atoms with E-state index in [4.69, 9.17) is 4.74 Å². The van der Waals surface area contributed by atoms with Gasteiger partial charge in [-0.1, -0.05) is 67.6 Å². The summed E-state index contributed by atoms with van der Waals surface area (Å²) in [5.41, 5.74) is 1.94. The number of carbonyl (C=O) groups is 2. The average molecular weight is 391 g/mol. The first-order chi connectivity index (χ1) is 14.0. The van der Waals surface area contributed by atoms with Crippen LogP contribution >= 0.6 is 0 Å². The molecule has 1 heterocycles. The molecule has 0 saturated carbocycles. The normalized spacial score (nSPS) is 12.9. The first kappa shape index (κ1) is 20.5. The van der Waals surface area contributed by atoms with E-state index in [1.165, 1.54) is 0 Å². The van der Waals surface area contributed by atoms with Crippen molar-refractivity contribution in [3.63, 3.8) is 0 Å². The molecular formula is C23H25N3O3. The van der Waals surface area contributed by atoms with Gasteiger partial charge in [0.25, 0.3) is 0 Å². The standard InChI is InChI=1S/C23H25N3O3/c1-17(14-29-15-19-9-5-3-6-10-19)23(28)25-21-13-26(16-24-21)22(18(2)27)20-11-7-4-8-12-20/h3-13,16-17,22H,14-15H2,1-2H3,(H,25,28). The zero-order chi connectivity index (χ0) is 20.6. The van der Waals surface area contributed by atoms with Crippen LogP contribution in [0.2, 0.25) is 0 Å². The van der Waals surface area contributed by atoms with Gasteiger partial charge in [-0.05, 0) is 18.1 Å². The highest BCUT2D eigenvalue weighted by Gasteiger charge is 2.20. The quantitative estimate of drug-likeness (QED) is 0.601. The van der Waals surface area contributed by atoms with Gasteiger partial charge < -0.3 is 14.6 Å². The molecule has 1 aromatic heterocycles. The van der Waals surface area contributed by atoms with Gasteiger partial charge in [0.15, 0.2) is 11.6 Å². The number of aromatic nitrogens is 2. The molecule has 6 nitrogen and oxygen atoms in total. The Balaban J connectivity index is 1.57. The van der Waals surface area contributed by atoms with E-state index in [1.54, 1.807) is 30.9 Å². The third-order valence-electron chi connectivity index (χ3n) is 4.58. The summed E-state index contributed by atoms with van der Waals surface area (Å²) in [4.78, 5) is 28.8. The molecule has 0 radical (unpaired) electrons. The third kappa shape index (κ3) is 5.62. The van der Waals surface area contributed by atoms with Crippen molar-refractivity contribution in [3.05, 3.63) is 84.3 Å². The van der Waals surface area contributed by atoms with Crippen molar-refractivity contribution in [2.45, 2.75) is 26.5 Å². The first-order valence-electron chi connectivity index (χ1n) is 9.56. The summed E-state index contributed by atoms with van der Waals surface area (Å²) in [6, 6.07) is 18.8. The van der Waals surface area contributed by atoms with E-state index in [2.05, 4.69) is 10.3 Å². The Labute approximate surface area is 170 Å². The van der Waals surface area contributed by atoms with Crippen LogP contribution in [0.15, 0.2) is 73.2 Å². The monoisotopic (exact) mass is 391 g/mol. The summed E-state index contributed by atoms with van der Waals surface area (Å²) in [6.07, 6.45) is 3.24. The van der Waals surface area contributed by atoms with Crippen molar-refractivity contribution >= 4 is 17.5 Å². The van der Waals surface area contributed by atoms with Gasteiger partial charge in [0, 0.05) is 6.20 Å². The summed E-state index contributed by atoms with van der Waals surface area (Å²) in [6.45, 7) is 4.12. The predicted molar refractivity (Wildman–Crippen MR) is 111 cm³/mol. The van der Waals surface area contributed by atoms with E-state index < -0.39 is 6.04 Å². The van der Waals surface area contributed by atoms with Crippen LogP contribution in [-0.2, 0) is 20.9 Å². The van der Waals surface area contributed by atoms with Crippen molar-refractivity contribution in [2.75, 3.05) is 11.9 Å². The number of rotatable bonds is 9. The number of hydrogen-bond donors (Lipinski definition) is 1. The predicted octanol–water partition coefficient (Wildman–Crippen LogP) is 3.85. The van der Waals surface area contributed by atoms with Crippen LogP contribution in [0.4, 0.5) is 5.82 Å². The summed E-state index contributed by atoms with van der Waals surface area (Å²) in [5.74, 6) is -0.106. The minimum Gasteiger partial charge on any atom is -0.376 e. The Bertz CT molecular complexity index is 938. The molecule has 1 N–H and O–H groups in total. The molecule has 2 aromatic carbocycles. The number of Topliss-reactive ketones (excluding diaryl/α,β-unsaturated/α-hetero) is 1. The fourth-order valence-electron chi connectivity index (χ4n) is 3.05. The Morgan fingerprint density at radius 2 is 1.72 bits per heavy atom. The van der Waals surface area contributed by atoms with Gasteiger partial charge in [0.05, 0.1) is 25.5 Å². The molecule has 0 fully saturated rings. The van der Waals surface area contributed by atoms with Crippen LogP contribution < -0.4 is 5.32 Å². The molecule has 0 aliphatic carbocycles. The second-order valence-electron chi connectivity index (χ2n) is 7.02. The smallest absolute Gasteiger partial charge is 0.230 e. The van der Waals surface area contributed by atoms with Gasteiger partial charge in [0.1, 0.15) is 6.04 Å². The molecule has 0 saturated heterocycles. The number of ketones is 1. The van der Waals surface area contributed by atoms with E-state index in [0.717, 1.165) is 11.1 Å². The number of hydrogen-bond acceptors (Lipinski definition) is 4. The largest absolute Gasteiger partial charge is 0.376 e. The molecule has 2 unspecified atom stereocenters. The molecule has 0 aliphatic heterocycles. The van der Waals surface area contributed by atoms with Crippen LogP contribution in [0.5, 0.6) is 0 Å². The maximum Gasteiger partial charge on any atom is 0.230 e. The molecule has 3 rings (SSSR count). The number of nitrogens with one attached hydrogen (secondary N) is 1. The lowest BCUT2D eigenvalue weighted by Gasteiger charge is -2.15. The lowest BCUT2D eigenvalue weighted by Crippen LogP contribution is -2.24. The highest BCUT2D eigenvalue weighted by atomic mass is 16.5. The molecule has 2 atom stereocenters. The Morgan fingerprint density at radius 3 is 2.38 bits per heavy atom. The van der Waals surface area contributed by atoms with E-state index in [0.29, 0.717) is 19.0 Å². The minimum absolute atomic E-state index is 0.00541. The van der Waals surface area contributed by atoms with E-state index in [1.807, 2.05) is 60.7 Å². The van der Waals surface area contributed by atoms with Crippen LogP contribution in [0.25, 0.3) is 0 Å². The van der Waals surface area contributed by atoms with Gasteiger partial charge in [-0.15, -0.1) is 0 Å². The summed E-state index contributed by atoms with van der Waals surface area (Å²) < 4.78 is 7.35. The number of amides is 1. The maximum absolute atomic E-state index is 12.4. The van der Waals surface area contributed by atoms with Gasteiger partial charge in [-0.2, -0.15) is 0 Å². The number of benzene rings is 2. The first-order valence-corrected chi connectivity index (χ1v) is 9.56. The Morgan fingerprint density at radius 1 is 1.07 bits per heavy atom. The molecule has 29 heavy (non-hydrogen) atoms. The number of anilines is 1. The van der Waals surface area contributed by atoms with Gasteiger partial charge in [-0.3, -0.25) is 9.59 Å². The molecule has 3 aromatic rings. The second kappa shape index (κ2) is 9.80. The highest BCUT2D eigenvalue weighted by Crippen LogP contribution is 2.21. The fraction of sp³-hybridized carbons (Fsp3) is 0.261. The summed E-state index contributed by atoms with van der Waals surface area (Å²) in [7, 11) is 0. The van der Waals surface area contributed by atoms with Crippen molar-refractivity contribution in [1.82, 2.24) is 9.55 Å². The van der Waals surface area contributed by atoms with Crippen molar-refractivity contribution in [1.29, 1.82) is 0 Å². The second-order valence-corrected chi connectivity index (χ2v) is 7.02. The number of ether oxygens (including phenoxy) is 1. The van der Waals surface area contributed by atoms with Crippen LogP contribution in [0.3, 0.4) is 0 Å². The number of imidazole rings is 1. The van der Waals surface area contributed by atoms with Crippen molar-refractivity contribution in [3.8, 4) is 0 Å². The third-order valence-corrected chi connectivity index (χ3v) is 4.58. The summed E-state index contributed by atoms with van der Waals surface area (Å²) >= 11 is 0. The molecule has 0 spiro atoms. The topological polar surface area (TPSA) is 73.2 Å². The molecule has 0 bridgehead atoms. The van der Waals surface area contributed by atoms with Gasteiger partial charge in [0.2, 0.25) is 5.91 Å². The van der Waals surface area contributed by atoms with Gasteiger partial charge >= 0.3 is 0 Å². The van der Waals surface area contributed by atoms with Gasteiger partial charge in [-0.25, -0.2) is 4.98 Å². The Kier molecular flexibility index (Phi) is 6.92. The van der Waals surface area contributed by atoms with E-state index in [9.17, 15) is 9.59 Å². The summed E-state index contributed by atoms with van der Waals surface area (Å²) in [5, 5.41) is 2.79. The zero-order valence-electron chi connectivity index (χ0n) is 16.6. The molecule has 6 heteroatoms. The lowest BCUT2D eigenvalue weighted by atomic mass is 10.0. The van der Waals surface area contributed by atoms with Crippen LogP contribution in [0.1, 0.15) is 31.0 Å². The molecular weight excluding hydrogens is 366 g/mol. The lowest BCUT2D eigenvalue weighted by molar-refractivity contribution is -0.121. The van der Waals surface area contributed by atoms with Crippen molar-refractivity contribution in [2.24, 2.45) is 5.92 Å². The van der Waals surface area contributed by atoms with Crippen molar-refractivity contribution < 1.29 is 14.3 Å². The maximum atomic E-state index is 12.4. The Hall–Kier alpha value is -3.25. The number of carbonyl (C=O) groups excluding carboxylic acids is 2. The molecule has 0 aliphatic rings. The van der Waals surface area contributed by atoms with Crippen LogP contribution in [-0.4, -0.2) is 27.8 Å². The molecule has 150 valence electrons. The van der Waals surface area contributed by atoms with E-state index >= 15 is 0 Å². The van der Waals surface area contributed by atoms with E-state index in [-0.39, 0.29) is 17.6 Å².